The molecule has 1 heterocycles. The summed E-state index contributed by atoms with van der Waals surface area (Å²) in [7, 11) is 1.61. The van der Waals surface area contributed by atoms with Gasteiger partial charge in [-0.2, -0.15) is 0 Å². The van der Waals surface area contributed by atoms with E-state index in [0.29, 0.717) is 5.75 Å². The standard InChI is InChI=1S/C25H24N2O2S/c1-18-7-5-8-19(13-18)15-27-16-24(22-11-3-4-12-23(22)27)30-17-25(28)26-20-9-6-10-21(14-20)29-2/h3-14,16H,15,17H2,1-2H3,(H,26,28). The molecular formula is C25H24N2O2S. The van der Waals surface area contributed by atoms with Crippen molar-refractivity contribution < 1.29 is 9.53 Å². The number of aromatic nitrogens is 1. The van der Waals surface area contributed by atoms with Crippen LogP contribution in [0.4, 0.5) is 5.69 Å². The molecule has 152 valence electrons. The molecule has 4 aromatic rings. The monoisotopic (exact) mass is 416 g/mol. The quantitative estimate of drug-likeness (QED) is 0.391. The first kappa shape index (κ1) is 20.1. The van der Waals surface area contributed by atoms with Crippen molar-refractivity contribution in [1.82, 2.24) is 4.57 Å². The maximum absolute atomic E-state index is 12.5. The molecule has 0 saturated heterocycles. The summed E-state index contributed by atoms with van der Waals surface area (Å²) < 4.78 is 7.47. The molecule has 0 unspecified atom stereocenters. The number of rotatable bonds is 7. The number of amides is 1. The summed E-state index contributed by atoms with van der Waals surface area (Å²) in [5.74, 6) is 1.03. The minimum atomic E-state index is -0.0382. The summed E-state index contributed by atoms with van der Waals surface area (Å²) in [4.78, 5) is 13.6. The molecule has 0 fully saturated rings. The minimum absolute atomic E-state index is 0.0382. The molecular weight excluding hydrogens is 392 g/mol. The van der Waals surface area contributed by atoms with Gasteiger partial charge in [-0.3, -0.25) is 4.79 Å². The van der Waals surface area contributed by atoms with Crippen molar-refractivity contribution in [3.63, 3.8) is 0 Å². The van der Waals surface area contributed by atoms with Crippen molar-refractivity contribution in [3.8, 4) is 5.75 Å². The van der Waals surface area contributed by atoms with Crippen LogP contribution in [0.15, 0.2) is 83.9 Å². The molecule has 4 rings (SSSR count). The van der Waals surface area contributed by atoms with E-state index in [1.54, 1.807) is 18.9 Å². The molecule has 0 atom stereocenters. The first-order valence-electron chi connectivity index (χ1n) is 9.82. The number of methoxy groups -OCH3 is 1. The zero-order valence-electron chi connectivity index (χ0n) is 17.1. The van der Waals surface area contributed by atoms with Gasteiger partial charge in [-0.05, 0) is 30.7 Å². The molecule has 0 bridgehead atoms. The molecule has 5 heteroatoms. The van der Waals surface area contributed by atoms with Gasteiger partial charge in [0, 0.05) is 40.3 Å². The smallest absolute Gasteiger partial charge is 0.234 e. The third-order valence-corrected chi connectivity index (χ3v) is 5.94. The number of hydrogen-bond acceptors (Lipinski definition) is 3. The van der Waals surface area contributed by atoms with Gasteiger partial charge in [0.25, 0.3) is 0 Å². The molecule has 0 aliphatic rings. The number of hydrogen-bond donors (Lipinski definition) is 1. The van der Waals surface area contributed by atoms with Crippen LogP contribution in [-0.2, 0) is 11.3 Å². The SMILES string of the molecule is COc1cccc(NC(=O)CSc2cn(Cc3cccc(C)c3)c3ccccc23)c1. The van der Waals surface area contributed by atoms with Crippen molar-refractivity contribution in [1.29, 1.82) is 0 Å². The van der Waals surface area contributed by atoms with E-state index in [9.17, 15) is 4.79 Å². The van der Waals surface area contributed by atoms with E-state index in [4.69, 9.17) is 4.74 Å². The first-order chi connectivity index (χ1) is 14.6. The molecule has 3 aromatic carbocycles. The van der Waals surface area contributed by atoms with E-state index in [2.05, 4.69) is 65.5 Å². The summed E-state index contributed by atoms with van der Waals surface area (Å²) in [6.07, 6.45) is 2.15. The number of anilines is 1. The van der Waals surface area contributed by atoms with Gasteiger partial charge < -0.3 is 14.6 Å². The molecule has 1 aromatic heterocycles. The van der Waals surface area contributed by atoms with E-state index in [1.807, 2.05) is 30.3 Å². The Morgan fingerprint density at radius 1 is 1.03 bits per heavy atom. The van der Waals surface area contributed by atoms with Crippen molar-refractivity contribution in [2.75, 3.05) is 18.2 Å². The van der Waals surface area contributed by atoms with Crippen molar-refractivity contribution in [2.45, 2.75) is 18.4 Å². The summed E-state index contributed by atoms with van der Waals surface area (Å²) in [5.41, 5.74) is 4.44. The average molecular weight is 417 g/mol. The van der Waals surface area contributed by atoms with E-state index in [-0.39, 0.29) is 5.91 Å². The fraction of sp³-hybridized carbons (Fsp3) is 0.160. The Morgan fingerprint density at radius 3 is 2.70 bits per heavy atom. The number of nitrogens with one attached hydrogen (secondary N) is 1. The Kier molecular flexibility index (Phi) is 6.10. The molecule has 1 N–H and O–H groups in total. The van der Waals surface area contributed by atoms with Gasteiger partial charge in [0.1, 0.15) is 5.75 Å². The maximum Gasteiger partial charge on any atom is 0.234 e. The lowest BCUT2D eigenvalue weighted by molar-refractivity contribution is -0.113. The highest BCUT2D eigenvalue weighted by atomic mass is 32.2. The molecule has 0 spiro atoms. The number of carbonyl (C=O) groups is 1. The van der Waals surface area contributed by atoms with Crippen LogP contribution in [0, 0.1) is 6.92 Å². The number of para-hydroxylation sites is 1. The summed E-state index contributed by atoms with van der Waals surface area (Å²) in [6, 6.07) is 24.3. The number of thioether (sulfide) groups is 1. The molecule has 0 aliphatic heterocycles. The van der Waals surface area contributed by atoms with Crippen LogP contribution in [0.5, 0.6) is 5.75 Å². The minimum Gasteiger partial charge on any atom is -0.497 e. The van der Waals surface area contributed by atoms with Crippen LogP contribution in [0.1, 0.15) is 11.1 Å². The van der Waals surface area contributed by atoms with Crippen LogP contribution in [-0.4, -0.2) is 23.3 Å². The Labute approximate surface area is 180 Å². The lowest BCUT2D eigenvalue weighted by Crippen LogP contribution is -2.13. The van der Waals surface area contributed by atoms with Crippen LogP contribution < -0.4 is 10.1 Å². The van der Waals surface area contributed by atoms with Crippen molar-refractivity contribution in [3.05, 3.63) is 90.1 Å². The van der Waals surface area contributed by atoms with E-state index in [0.717, 1.165) is 22.9 Å². The van der Waals surface area contributed by atoms with E-state index < -0.39 is 0 Å². The normalized spacial score (nSPS) is 10.9. The largest absolute Gasteiger partial charge is 0.497 e. The summed E-state index contributed by atoms with van der Waals surface area (Å²) in [5, 5.41) is 4.11. The van der Waals surface area contributed by atoms with Gasteiger partial charge in [0.2, 0.25) is 5.91 Å². The molecule has 0 saturated carbocycles. The van der Waals surface area contributed by atoms with Gasteiger partial charge in [0.05, 0.1) is 12.9 Å². The predicted octanol–water partition coefficient (Wildman–Crippen LogP) is 5.74. The maximum atomic E-state index is 12.5. The topological polar surface area (TPSA) is 43.3 Å². The second-order valence-corrected chi connectivity index (χ2v) is 8.21. The fourth-order valence-electron chi connectivity index (χ4n) is 3.51. The number of aryl methyl sites for hydroxylation is 1. The van der Waals surface area contributed by atoms with E-state index >= 15 is 0 Å². The zero-order chi connectivity index (χ0) is 20.9. The van der Waals surface area contributed by atoms with Gasteiger partial charge in [-0.25, -0.2) is 0 Å². The van der Waals surface area contributed by atoms with Gasteiger partial charge in [0.15, 0.2) is 0 Å². The number of nitrogens with zero attached hydrogens (tertiary/aromatic N) is 1. The van der Waals surface area contributed by atoms with Gasteiger partial charge in [-0.15, -0.1) is 11.8 Å². The van der Waals surface area contributed by atoms with Crippen LogP contribution in [0.25, 0.3) is 10.9 Å². The van der Waals surface area contributed by atoms with Crippen LogP contribution in [0.3, 0.4) is 0 Å². The molecule has 4 nitrogen and oxygen atoms in total. The average Bonchev–Trinajstić information content (AvgIpc) is 3.10. The third-order valence-electron chi connectivity index (χ3n) is 4.90. The lowest BCUT2D eigenvalue weighted by Gasteiger charge is -2.07. The van der Waals surface area contributed by atoms with Crippen molar-refractivity contribution >= 4 is 34.3 Å². The second-order valence-electron chi connectivity index (χ2n) is 7.20. The molecule has 1 amide bonds. The van der Waals surface area contributed by atoms with Crippen LogP contribution >= 0.6 is 11.8 Å². The van der Waals surface area contributed by atoms with Gasteiger partial charge >= 0.3 is 0 Å². The highest BCUT2D eigenvalue weighted by molar-refractivity contribution is 8.00. The number of carbonyl (C=O) groups excluding carboxylic acids is 1. The van der Waals surface area contributed by atoms with Crippen molar-refractivity contribution in [2.24, 2.45) is 0 Å². The zero-order valence-corrected chi connectivity index (χ0v) is 17.9. The Morgan fingerprint density at radius 2 is 1.87 bits per heavy atom. The molecule has 0 radical (unpaired) electrons. The van der Waals surface area contributed by atoms with E-state index in [1.165, 1.54) is 22.0 Å². The number of fused-ring (bicyclic) bond motifs is 1. The Balaban J connectivity index is 1.49. The number of benzene rings is 3. The number of ether oxygens (including phenoxy) is 1. The Hall–Kier alpha value is -3.18. The summed E-state index contributed by atoms with van der Waals surface area (Å²) in [6.45, 7) is 2.91. The molecule has 0 aliphatic carbocycles. The molecule has 30 heavy (non-hydrogen) atoms. The third kappa shape index (κ3) is 4.69. The first-order valence-corrected chi connectivity index (χ1v) is 10.8. The highest BCUT2D eigenvalue weighted by Gasteiger charge is 2.11. The Bertz CT molecular complexity index is 1180. The lowest BCUT2D eigenvalue weighted by atomic mass is 10.1. The highest BCUT2D eigenvalue weighted by Crippen LogP contribution is 2.31. The fourth-order valence-corrected chi connectivity index (χ4v) is 4.40. The predicted molar refractivity (Wildman–Crippen MR) is 125 cm³/mol. The van der Waals surface area contributed by atoms with Gasteiger partial charge in [-0.1, -0.05) is 54.1 Å². The second kappa shape index (κ2) is 9.09. The summed E-state index contributed by atoms with van der Waals surface area (Å²) >= 11 is 1.56. The van der Waals surface area contributed by atoms with Crippen LogP contribution in [0.2, 0.25) is 0 Å².